The number of hydrazine groups is 1. The van der Waals surface area contributed by atoms with E-state index in [2.05, 4.69) is 10.1 Å². The Morgan fingerprint density at radius 2 is 1.52 bits per heavy atom. The van der Waals surface area contributed by atoms with Crippen LogP contribution in [0.25, 0.3) is 0 Å². The molecule has 7 heteroatoms. The minimum Gasteiger partial charge on any atom is -0.288 e. The van der Waals surface area contributed by atoms with E-state index in [1.807, 2.05) is 50.2 Å². The molecule has 0 fully saturated rings. The number of carbonyl (C=O) groups is 1. The van der Waals surface area contributed by atoms with Gasteiger partial charge in [-0.05, 0) is 67.4 Å². The number of benzene rings is 3. The first kappa shape index (κ1) is 20.4. The molecule has 0 aromatic heterocycles. The topological polar surface area (TPSA) is 78.5 Å². The lowest BCUT2D eigenvalue weighted by Crippen LogP contribution is -2.39. The van der Waals surface area contributed by atoms with Crippen LogP contribution in [0.4, 0.5) is 11.4 Å². The van der Waals surface area contributed by atoms with Crippen LogP contribution >= 0.6 is 0 Å². The number of amides is 1. The molecule has 0 spiro atoms. The van der Waals surface area contributed by atoms with Crippen molar-refractivity contribution in [1.29, 1.82) is 0 Å². The molecule has 0 aliphatic carbocycles. The van der Waals surface area contributed by atoms with Crippen LogP contribution in [0.15, 0.2) is 77.7 Å². The average molecular weight is 410 g/mol. The van der Waals surface area contributed by atoms with Gasteiger partial charge in [0.15, 0.2) is 0 Å². The summed E-state index contributed by atoms with van der Waals surface area (Å²) in [5.41, 5.74) is 6.35. The van der Waals surface area contributed by atoms with Crippen LogP contribution < -0.4 is 15.2 Å². The van der Waals surface area contributed by atoms with Crippen molar-refractivity contribution in [3.05, 3.63) is 89.5 Å². The van der Waals surface area contributed by atoms with E-state index in [-0.39, 0.29) is 10.8 Å². The van der Waals surface area contributed by atoms with Gasteiger partial charge in [0, 0.05) is 12.6 Å². The largest absolute Gasteiger partial charge is 0.288 e. The first-order valence-electron chi connectivity index (χ1n) is 9.07. The van der Waals surface area contributed by atoms with Gasteiger partial charge in [-0.2, -0.15) is 0 Å². The molecule has 2 N–H and O–H groups in total. The molecule has 29 heavy (non-hydrogen) atoms. The van der Waals surface area contributed by atoms with Gasteiger partial charge in [-0.15, -0.1) is 0 Å². The second-order valence-electron chi connectivity index (χ2n) is 6.71. The van der Waals surface area contributed by atoms with Crippen LogP contribution in [0.5, 0.6) is 0 Å². The fraction of sp³-hybridized carbons (Fsp3) is 0.136. The molecule has 0 unspecified atom stereocenters. The van der Waals surface area contributed by atoms with E-state index < -0.39 is 10.0 Å². The van der Waals surface area contributed by atoms with Crippen LogP contribution in [0.3, 0.4) is 0 Å². The summed E-state index contributed by atoms with van der Waals surface area (Å²) in [4.78, 5) is 12.5. The van der Waals surface area contributed by atoms with Gasteiger partial charge in [0.1, 0.15) is 0 Å². The molecule has 0 saturated heterocycles. The predicted octanol–water partition coefficient (Wildman–Crippen LogP) is 3.89. The molecule has 0 atom stereocenters. The molecule has 0 aliphatic heterocycles. The third kappa shape index (κ3) is 4.75. The van der Waals surface area contributed by atoms with Gasteiger partial charge in [-0.3, -0.25) is 20.0 Å². The number of anilines is 2. The highest BCUT2D eigenvalue weighted by molar-refractivity contribution is 7.92. The van der Waals surface area contributed by atoms with Gasteiger partial charge < -0.3 is 0 Å². The minimum atomic E-state index is -3.75. The Balaban J connectivity index is 1.73. The number of carbonyl (C=O) groups excluding carboxylic acids is 1. The Bertz CT molecular complexity index is 1110. The quantitative estimate of drug-likeness (QED) is 0.606. The Kier molecular flexibility index (Phi) is 5.89. The Morgan fingerprint density at radius 3 is 2.17 bits per heavy atom. The second kappa shape index (κ2) is 8.36. The lowest BCUT2D eigenvalue weighted by Gasteiger charge is -2.20. The van der Waals surface area contributed by atoms with Gasteiger partial charge in [0.2, 0.25) is 0 Å². The summed E-state index contributed by atoms with van der Waals surface area (Å²) in [6.45, 7) is 3.79. The molecule has 0 heterocycles. The summed E-state index contributed by atoms with van der Waals surface area (Å²) >= 11 is 0. The molecule has 1 amide bonds. The molecular weight excluding hydrogens is 386 g/mol. The highest BCUT2D eigenvalue weighted by atomic mass is 32.2. The summed E-state index contributed by atoms with van der Waals surface area (Å²) in [7, 11) is -2.02. The van der Waals surface area contributed by atoms with E-state index in [0.717, 1.165) is 16.8 Å². The number of aryl methyl sites for hydroxylation is 1. The van der Waals surface area contributed by atoms with Gasteiger partial charge >= 0.3 is 0 Å². The Labute approximate surface area is 171 Å². The van der Waals surface area contributed by atoms with Crippen molar-refractivity contribution in [1.82, 2.24) is 5.43 Å². The highest BCUT2D eigenvalue weighted by Crippen LogP contribution is 2.22. The molecule has 0 saturated carbocycles. The van der Waals surface area contributed by atoms with Crippen LogP contribution in [0.1, 0.15) is 21.5 Å². The van der Waals surface area contributed by atoms with Crippen molar-refractivity contribution in [3.63, 3.8) is 0 Å². The molecule has 3 aromatic carbocycles. The number of para-hydroxylation sites is 1. The number of rotatable bonds is 6. The summed E-state index contributed by atoms with van der Waals surface area (Å²) < 4.78 is 28.0. The minimum absolute atomic E-state index is 0.0892. The molecule has 0 aliphatic rings. The maximum atomic E-state index is 12.7. The first-order valence-corrected chi connectivity index (χ1v) is 10.5. The van der Waals surface area contributed by atoms with Gasteiger partial charge in [0.05, 0.1) is 16.3 Å². The van der Waals surface area contributed by atoms with E-state index >= 15 is 0 Å². The number of hydrogen-bond donors (Lipinski definition) is 2. The fourth-order valence-corrected chi connectivity index (χ4v) is 3.91. The molecular formula is C22H23N3O3S. The molecule has 150 valence electrons. The van der Waals surface area contributed by atoms with E-state index in [4.69, 9.17) is 0 Å². The number of sulfonamides is 1. The zero-order chi connectivity index (χ0) is 21.0. The highest BCUT2D eigenvalue weighted by Gasteiger charge is 2.17. The normalized spacial score (nSPS) is 11.0. The Hall–Kier alpha value is -3.32. The third-order valence-corrected chi connectivity index (χ3v) is 6.07. The van der Waals surface area contributed by atoms with Crippen LogP contribution in [0.2, 0.25) is 0 Å². The fourth-order valence-electron chi connectivity index (χ4n) is 2.78. The van der Waals surface area contributed by atoms with Crippen molar-refractivity contribution in [2.75, 3.05) is 16.8 Å². The van der Waals surface area contributed by atoms with Crippen LogP contribution in [-0.2, 0) is 10.0 Å². The zero-order valence-electron chi connectivity index (χ0n) is 16.5. The van der Waals surface area contributed by atoms with Crippen LogP contribution in [0, 0.1) is 13.8 Å². The van der Waals surface area contributed by atoms with Crippen molar-refractivity contribution < 1.29 is 13.2 Å². The van der Waals surface area contributed by atoms with E-state index in [1.54, 1.807) is 24.2 Å². The van der Waals surface area contributed by atoms with E-state index in [9.17, 15) is 13.2 Å². The van der Waals surface area contributed by atoms with Gasteiger partial charge in [0.25, 0.3) is 15.9 Å². The summed E-state index contributed by atoms with van der Waals surface area (Å²) in [6, 6.07) is 20.7. The van der Waals surface area contributed by atoms with E-state index in [0.29, 0.717) is 11.3 Å². The lowest BCUT2D eigenvalue weighted by molar-refractivity contribution is 0.0951. The first-order chi connectivity index (χ1) is 13.8. The van der Waals surface area contributed by atoms with Crippen molar-refractivity contribution in [2.45, 2.75) is 18.7 Å². The monoisotopic (exact) mass is 409 g/mol. The number of nitrogens with one attached hydrogen (secondary N) is 2. The molecule has 3 aromatic rings. The third-order valence-electron chi connectivity index (χ3n) is 4.69. The predicted molar refractivity (Wildman–Crippen MR) is 115 cm³/mol. The van der Waals surface area contributed by atoms with Crippen molar-refractivity contribution >= 4 is 27.3 Å². The van der Waals surface area contributed by atoms with Crippen LogP contribution in [-0.4, -0.2) is 21.4 Å². The summed E-state index contributed by atoms with van der Waals surface area (Å²) in [6.07, 6.45) is 0. The standard InChI is InChI=1S/C22H23N3O3S/c1-16-8-7-11-21(17(16)2)24-29(27,28)20-14-12-18(13-15-20)22(26)23-25(3)19-9-5-4-6-10-19/h4-15,24H,1-3H3,(H,23,26). The zero-order valence-corrected chi connectivity index (χ0v) is 17.3. The van der Waals surface area contributed by atoms with E-state index in [1.165, 1.54) is 24.3 Å². The van der Waals surface area contributed by atoms with Gasteiger partial charge in [-0.25, -0.2) is 8.42 Å². The average Bonchev–Trinajstić information content (AvgIpc) is 2.72. The molecule has 3 rings (SSSR count). The van der Waals surface area contributed by atoms with Crippen molar-refractivity contribution in [2.24, 2.45) is 0 Å². The second-order valence-corrected chi connectivity index (χ2v) is 8.40. The maximum Gasteiger partial charge on any atom is 0.269 e. The number of hydrogen-bond acceptors (Lipinski definition) is 4. The number of nitrogens with zero attached hydrogens (tertiary/aromatic N) is 1. The molecule has 0 radical (unpaired) electrons. The van der Waals surface area contributed by atoms with Gasteiger partial charge in [-0.1, -0.05) is 30.3 Å². The smallest absolute Gasteiger partial charge is 0.269 e. The molecule has 6 nitrogen and oxygen atoms in total. The van der Waals surface area contributed by atoms with Crippen molar-refractivity contribution in [3.8, 4) is 0 Å². The lowest BCUT2D eigenvalue weighted by atomic mass is 10.1. The summed E-state index contributed by atoms with van der Waals surface area (Å²) in [5, 5.41) is 1.61. The SMILES string of the molecule is Cc1cccc(NS(=O)(=O)c2ccc(C(=O)NN(C)c3ccccc3)cc2)c1C. The summed E-state index contributed by atoms with van der Waals surface area (Å²) in [5.74, 6) is -0.331. The molecule has 0 bridgehead atoms. The maximum absolute atomic E-state index is 12.7. The Morgan fingerprint density at radius 1 is 0.862 bits per heavy atom.